The second kappa shape index (κ2) is 5.21. The van der Waals surface area contributed by atoms with Crippen LogP contribution in [0.2, 0.25) is 0 Å². The molecule has 1 atom stereocenters. The molecule has 1 unspecified atom stereocenters. The predicted octanol–water partition coefficient (Wildman–Crippen LogP) is 2.58. The molecule has 0 radical (unpaired) electrons. The van der Waals surface area contributed by atoms with Crippen LogP contribution in [-0.2, 0) is 4.79 Å². The molecule has 1 fully saturated rings. The van der Waals surface area contributed by atoms with Gasteiger partial charge in [0.2, 0.25) is 0 Å². The minimum absolute atomic E-state index is 0.0625. The molecule has 0 saturated heterocycles. The number of halogens is 2. The highest BCUT2D eigenvalue weighted by molar-refractivity contribution is 5.87. The average Bonchev–Trinajstić information content (AvgIpc) is 2.11. The van der Waals surface area contributed by atoms with Crippen molar-refractivity contribution in [1.82, 2.24) is 4.90 Å². The molecule has 0 aromatic heterocycles. The van der Waals surface area contributed by atoms with Crippen LogP contribution in [-0.4, -0.2) is 37.2 Å². The molecule has 0 aromatic carbocycles. The van der Waals surface area contributed by atoms with Crippen molar-refractivity contribution >= 4 is 5.78 Å². The van der Waals surface area contributed by atoms with Crippen LogP contribution in [0.1, 0.15) is 33.1 Å². The predicted molar refractivity (Wildman–Crippen MR) is 59.6 cm³/mol. The van der Waals surface area contributed by atoms with Gasteiger partial charge in [0.25, 0.3) is 6.43 Å². The number of ketones is 1. The van der Waals surface area contributed by atoms with E-state index in [4.69, 9.17) is 0 Å². The van der Waals surface area contributed by atoms with Crippen LogP contribution in [0.5, 0.6) is 0 Å². The maximum atomic E-state index is 12.2. The smallest absolute Gasteiger partial charge is 0.251 e. The summed E-state index contributed by atoms with van der Waals surface area (Å²) < 4.78 is 24.3. The van der Waals surface area contributed by atoms with Crippen LogP contribution in [0, 0.1) is 11.3 Å². The summed E-state index contributed by atoms with van der Waals surface area (Å²) in [6.45, 7) is 4.13. The summed E-state index contributed by atoms with van der Waals surface area (Å²) in [5.41, 5.74) is -0.269. The van der Waals surface area contributed by atoms with E-state index >= 15 is 0 Å². The lowest BCUT2D eigenvalue weighted by Gasteiger charge is -2.35. The van der Waals surface area contributed by atoms with Gasteiger partial charge in [-0.15, -0.1) is 0 Å². The highest BCUT2D eigenvalue weighted by Gasteiger charge is 2.37. The van der Waals surface area contributed by atoms with Crippen molar-refractivity contribution < 1.29 is 13.6 Å². The van der Waals surface area contributed by atoms with Gasteiger partial charge < -0.3 is 4.90 Å². The molecule has 4 heteroatoms. The second-order valence-electron chi connectivity index (χ2n) is 5.45. The molecule has 0 bridgehead atoms. The Bertz CT molecular complexity index is 253. The van der Waals surface area contributed by atoms with Crippen LogP contribution >= 0.6 is 0 Å². The maximum absolute atomic E-state index is 12.2. The zero-order chi connectivity index (χ0) is 12.3. The molecule has 0 heterocycles. The first-order valence-corrected chi connectivity index (χ1v) is 5.84. The van der Waals surface area contributed by atoms with Crippen LogP contribution in [0.3, 0.4) is 0 Å². The van der Waals surface area contributed by atoms with Gasteiger partial charge in [0.1, 0.15) is 5.78 Å². The van der Waals surface area contributed by atoms with E-state index < -0.39 is 6.43 Å². The number of carbonyl (C=O) groups excluding carboxylic acids is 1. The van der Waals surface area contributed by atoms with Crippen molar-refractivity contribution in [2.45, 2.75) is 39.5 Å². The lowest BCUT2D eigenvalue weighted by atomic mass is 9.71. The fourth-order valence-corrected chi connectivity index (χ4v) is 2.46. The van der Waals surface area contributed by atoms with Gasteiger partial charge in [-0.2, -0.15) is 0 Å². The van der Waals surface area contributed by atoms with E-state index in [0.717, 1.165) is 19.3 Å². The molecular formula is C12H21F2NO. The Morgan fingerprint density at radius 3 is 2.69 bits per heavy atom. The first kappa shape index (κ1) is 13.6. The van der Waals surface area contributed by atoms with Gasteiger partial charge in [-0.3, -0.25) is 4.79 Å². The van der Waals surface area contributed by atoms with E-state index in [2.05, 4.69) is 0 Å². The van der Waals surface area contributed by atoms with Crippen LogP contribution in [0.15, 0.2) is 0 Å². The minimum atomic E-state index is -2.32. The first-order chi connectivity index (χ1) is 7.33. The first-order valence-electron chi connectivity index (χ1n) is 5.84. The lowest BCUT2D eigenvalue weighted by molar-refractivity contribution is -0.135. The maximum Gasteiger partial charge on any atom is 0.251 e. The van der Waals surface area contributed by atoms with Crippen LogP contribution in [0.4, 0.5) is 8.78 Å². The normalized spacial score (nSPS) is 25.4. The van der Waals surface area contributed by atoms with Gasteiger partial charge in [0, 0.05) is 17.9 Å². The summed E-state index contributed by atoms with van der Waals surface area (Å²) in [6, 6.07) is 0. The molecule has 94 valence electrons. The van der Waals surface area contributed by atoms with Gasteiger partial charge in [-0.05, 0) is 19.9 Å². The van der Waals surface area contributed by atoms with Crippen molar-refractivity contribution in [3.63, 3.8) is 0 Å². The monoisotopic (exact) mass is 233 g/mol. The fourth-order valence-electron chi connectivity index (χ4n) is 2.46. The van der Waals surface area contributed by atoms with Crippen LogP contribution < -0.4 is 0 Å². The third-order valence-electron chi connectivity index (χ3n) is 3.37. The molecule has 0 spiro atoms. The molecule has 1 saturated carbocycles. The number of Topliss-reactive ketones (excluding diaryl/α,β-unsaturated/α-hetero) is 1. The van der Waals surface area contributed by atoms with Crippen molar-refractivity contribution in [3.05, 3.63) is 0 Å². The van der Waals surface area contributed by atoms with E-state index in [9.17, 15) is 13.6 Å². The summed E-state index contributed by atoms with van der Waals surface area (Å²) in [6.07, 6.45) is 0.458. The highest BCUT2D eigenvalue weighted by Crippen LogP contribution is 2.35. The summed E-state index contributed by atoms with van der Waals surface area (Å²) in [5, 5.41) is 0. The largest absolute Gasteiger partial charge is 0.300 e. The Morgan fingerprint density at radius 1 is 1.50 bits per heavy atom. The van der Waals surface area contributed by atoms with E-state index in [1.165, 1.54) is 0 Å². The van der Waals surface area contributed by atoms with Crippen molar-refractivity contribution in [2.24, 2.45) is 11.3 Å². The standard InChI is InChI=1S/C12H21F2NO/c1-12(2)6-4-5-9(11(12)16)7-15(3)8-10(13)14/h9-10H,4-8H2,1-3H3. The highest BCUT2D eigenvalue weighted by atomic mass is 19.3. The molecule has 1 aliphatic rings. The average molecular weight is 233 g/mol. The Labute approximate surface area is 96.0 Å². The summed E-state index contributed by atoms with van der Waals surface area (Å²) in [5.74, 6) is 0.173. The molecule has 0 N–H and O–H groups in total. The van der Waals surface area contributed by atoms with Crippen LogP contribution in [0.25, 0.3) is 0 Å². The van der Waals surface area contributed by atoms with Crippen molar-refractivity contribution in [2.75, 3.05) is 20.1 Å². The van der Waals surface area contributed by atoms with E-state index in [0.29, 0.717) is 6.54 Å². The second-order valence-corrected chi connectivity index (χ2v) is 5.45. The molecule has 1 aliphatic carbocycles. The van der Waals surface area contributed by atoms with Crippen molar-refractivity contribution in [1.29, 1.82) is 0 Å². The van der Waals surface area contributed by atoms with Gasteiger partial charge in [0.05, 0.1) is 6.54 Å². The quantitative estimate of drug-likeness (QED) is 0.744. The Kier molecular flexibility index (Phi) is 4.42. The van der Waals surface area contributed by atoms with Gasteiger partial charge in [-0.25, -0.2) is 8.78 Å². The Morgan fingerprint density at radius 2 is 2.12 bits per heavy atom. The fraction of sp³-hybridized carbons (Fsp3) is 0.917. The van der Waals surface area contributed by atoms with Crippen molar-refractivity contribution in [3.8, 4) is 0 Å². The molecule has 0 aliphatic heterocycles. The number of rotatable bonds is 4. The number of hydrogen-bond acceptors (Lipinski definition) is 2. The SMILES string of the molecule is CN(CC(F)F)CC1CCCC(C)(C)C1=O. The summed E-state index contributed by atoms with van der Waals surface area (Å²) >= 11 is 0. The molecule has 0 amide bonds. The minimum Gasteiger partial charge on any atom is -0.300 e. The molecule has 2 nitrogen and oxygen atoms in total. The zero-order valence-electron chi connectivity index (χ0n) is 10.3. The molecule has 1 rings (SSSR count). The number of nitrogens with zero attached hydrogens (tertiary/aromatic N) is 1. The molecule has 0 aromatic rings. The summed E-state index contributed by atoms with van der Waals surface area (Å²) in [4.78, 5) is 13.6. The van der Waals surface area contributed by atoms with Gasteiger partial charge in [0.15, 0.2) is 0 Å². The Hall–Kier alpha value is -0.510. The van der Waals surface area contributed by atoms with E-state index in [1.807, 2.05) is 13.8 Å². The Balaban J connectivity index is 2.50. The number of alkyl halides is 2. The van der Waals surface area contributed by atoms with E-state index in [1.54, 1.807) is 11.9 Å². The van der Waals surface area contributed by atoms with Gasteiger partial charge in [-0.1, -0.05) is 20.3 Å². The number of hydrogen-bond donors (Lipinski definition) is 0. The third-order valence-corrected chi connectivity index (χ3v) is 3.37. The summed E-state index contributed by atoms with van der Waals surface area (Å²) in [7, 11) is 1.65. The molecule has 16 heavy (non-hydrogen) atoms. The van der Waals surface area contributed by atoms with Gasteiger partial charge >= 0.3 is 0 Å². The topological polar surface area (TPSA) is 20.3 Å². The molecular weight excluding hydrogens is 212 g/mol. The lowest BCUT2D eigenvalue weighted by Crippen LogP contribution is -2.41. The zero-order valence-corrected chi connectivity index (χ0v) is 10.3. The number of carbonyl (C=O) groups is 1. The van der Waals surface area contributed by atoms with E-state index in [-0.39, 0.29) is 23.7 Å². The third kappa shape index (κ3) is 3.51.